The molecule has 3 N–H and O–H groups in total. The maximum Gasteiger partial charge on any atom is 0.134 e. The Kier molecular flexibility index (Phi) is 4.90. The molecule has 2 aromatic rings. The third kappa shape index (κ3) is 2.93. The minimum absolute atomic E-state index is 0.0914. The first-order valence-electron chi connectivity index (χ1n) is 5.81. The number of benzene rings is 2. The summed E-state index contributed by atoms with van der Waals surface area (Å²) in [5.41, 5.74) is 3.40. The summed E-state index contributed by atoms with van der Waals surface area (Å²) in [7, 11) is 0. The molecule has 0 fully saturated rings. The van der Waals surface area contributed by atoms with E-state index in [1.54, 1.807) is 19.1 Å². The minimum atomic E-state index is -0.790. The second-order valence-electron chi connectivity index (χ2n) is 4.36. The van der Waals surface area contributed by atoms with Gasteiger partial charge in [0, 0.05) is 14.5 Å². The predicted molar refractivity (Wildman–Crippen MR) is 82.1 cm³/mol. The summed E-state index contributed by atoms with van der Waals surface area (Å²) in [4.78, 5) is 0. The Balaban J connectivity index is 2.64. The highest BCUT2D eigenvalue weighted by Gasteiger charge is 2.24. The molecule has 20 heavy (non-hydrogen) atoms. The lowest BCUT2D eigenvalue weighted by atomic mass is 9.96. The lowest BCUT2D eigenvalue weighted by Crippen LogP contribution is -2.30. The van der Waals surface area contributed by atoms with Crippen molar-refractivity contribution < 1.29 is 8.78 Å². The number of hydrogen-bond donors (Lipinski definition) is 2. The van der Waals surface area contributed by atoms with Crippen molar-refractivity contribution in [1.82, 2.24) is 5.43 Å². The van der Waals surface area contributed by atoms with Crippen LogP contribution in [0.4, 0.5) is 8.78 Å². The van der Waals surface area contributed by atoms with E-state index in [0.29, 0.717) is 15.6 Å². The van der Waals surface area contributed by atoms with Crippen LogP contribution in [0.2, 0.25) is 0 Å². The average Bonchev–Trinajstić information content (AvgIpc) is 2.42. The van der Waals surface area contributed by atoms with Gasteiger partial charge in [0.15, 0.2) is 0 Å². The lowest BCUT2D eigenvalue weighted by molar-refractivity contribution is 0.506. The molecule has 2 nitrogen and oxygen atoms in total. The van der Waals surface area contributed by atoms with E-state index in [9.17, 15) is 8.78 Å². The summed E-state index contributed by atoms with van der Waals surface area (Å²) in [6, 6.07) is 7.22. The van der Waals surface area contributed by atoms with Crippen LogP contribution in [0, 0.1) is 18.6 Å². The molecule has 1 atom stereocenters. The van der Waals surface area contributed by atoms with Crippen molar-refractivity contribution in [2.75, 3.05) is 0 Å². The van der Waals surface area contributed by atoms with Gasteiger partial charge in [-0.2, -0.15) is 0 Å². The van der Waals surface area contributed by atoms with Crippen molar-refractivity contribution in [2.24, 2.45) is 5.84 Å². The Hall–Kier alpha value is -0.820. The number of hydrogen-bond acceptors (Lipinski definition) is 2. The summed E-state index contributed by atoms with van der Waals surface area (Å²) in [6.45, 7) is 1.59. The van der Waals surface area contributed by atoms with E-state index in [2.05, 4.69) is 37.3 Å². The normalized spacial score (nSPS) is 12.5. The van der Waals surface area contributed by atoms with Crippen molar-refractivity contribution in [1.29, 1.82) is 0 Å². The monoisotopic (exact) mass is 404 g/mol. The first-order chi connectivity index (χ1) is 9.45. The van der Waals surface area contributed by atoms with E-state index >= 15 is 0 Å². The smallest absolute Gasteiger partial charge is 0.134 e. The molecule has 0 bridgehead atoms. The van der Waals surface area contributed by atoms with Crippen LogP contribution >= 0.6 is 31.9 Å². The van der Waals surface area contributed by atoms with Gasteiger partial charge in [0.05, 0.1) is 6.04 Å². The van der Waals surface area contributed by atoms with Gasteiger partial charge < -0.3 is 0 Å². The van der Waals surface area contributed by atoms with E-state index in [0.717, 1.165) is 4.47 Å². The summed E-state index contributed by atoms with van der Waals surface area (Å²) in [5.74, 6) is 4.29. The molecule has 0 aromatic heterocycles. The topological polar surface area (TPSA) is 38.0 Å². The summed E-state index contributed by atoms with van der Waals surface area (Å²) in [5, 5.41) is 0. The molecule has 0 radical (unpaired) electrons. The molecule has 0 aliphatic heterocycles. The van der Waals surface area contributed by atoms with Crippen molar-refractivity contribution in [2.45, 2.75) is 13.0 Å². The molecule has 1 unspecified atom stereocenters. The van der Waals surface area contributed by atoms with Crippen LogP contribution in [0.3, 0.4) is 0 Å². The molecule has 0 aliphatic carbocycles. The predicted octanol–water partition coefficient (Wildman–Crippen LogP) is 4.35. The van der Waals surface area contributed by atoms with Crippen molar-refractivity contribution in [3.63, 3.8) is 0 Å². The first-order valence-corrected chi connectivity index (χ1v) is 7.40. The van der Waals surface area contributed by atoms with E-state index in [-0.39, 0.29) is 5.56 Å². The van der Waals surface area contributed by atoms with Gasteiger partial charge in [0.1, 0.15) is 11.6 Å². The fourth-order valence-corrected chi connectivity index (χ4v) is 2.86. The Labute approximate surface area is 132 Å². The molecule has 6 heteroatoms. The van der Waals surface area contributed by atoms with Crippen LogP contribution in [-0.2, 0) is 0 Å². The molecule has 0 aliphatic rings. The third-order valence-corrected chi connectivity index (χ3v) is 4.26. The Morgan fingerprint density at radius 1 is 1.15 bits per heavy atom. The summed E-state index contributed by atoms with van der Waals surface area (Å²) >= 11 is 6.72. The second-order valence-corrected chi connectivity index (χ2v) is 6.13. The lowest BCUT2D eigenvalue weighted by Gasteiger charge is -2.20. The van der Waals surface area contributed by atoms with Crippen LogP contribution in [0.25, 0.3) is 0 Å². The fourth-order valence-electron chi connectivity index (χ4n) is 2.01. The van der Waals surface area contributed by atoms with E-state index in [1.807, 2.05) is 6.07 Å². The van der Waals surface area contributed by atoms with E-state index in [4.69, 9.17) is 5.84 Å². The second kappa shape index (κ2) is 6.30. The molecule has 2 rings (SSSR count). The number of halogens is 4. The van der Waals surface area contributed by atoms with Gasteiger partial charge in [-0.1, -0.05) is 37.9 Å². The summed E-state index contributed by atoms with van der Waals surface area (Å²) in [6.07, 6.45) is 0. The van der Waals surface area contributed by atoms with Gasteiger partial charge in [0.25, 0.3) is 0 Å². The molecule has 0 saturated heterocycles. The van der Waals surface area contributed by atoms with Crippen LogP contribution in [0.1, 0.15) is 22.7 Å². The van der Waals surface area contributed by atoms with Gasteiger partial charge in [-0.15, -0.1) is 0 Å². The Morgan fingerprint density at radius 3 is 2.50 bits per heavy atom. The maximum absolute atomic E-state index is 14.3. The average molecular weight is 406 g/mol. The molecule has 0 amide bonds. The Morgan fingerprint density at radius 2 is 1.85 bits per heavy atom. The van der Waals surface area contributed by atoms with Crippen molar-refractivity contribution in [3.8, 4) is 0 Å². The third-order valence-electron chi connectivity index (χ3n) is 3.04. The van der Waals surface area contributed by atoms with Crippen LogP contribution in [0.15, 0.2) is 39.3 Å². The summed E-state index contributed by atoms with van der Waals surface area (Å²) < 4.78 is 29.8. The van der Waals surface area contributed by atoms with Crippen molar-refractivity contribution in [3.05, 3.63) is 67.6 Å². The van der Waals surface area contributed by atoms with Gasteiger partial charge in [0.2, 0.25) is 0 Å². The highest BCUT2D eigenvalue weighted by atomic mass is 79.9. The largest absolute Gasteiger partial charge is 0.271 e. The van der Waals surface area contributed by atoms with Gasteiger partial charge in [-0.25, -0.2) is 14.2 Å². The molecule has 0 saturated carbocycles. The number of aryl methyl sites for hydroxylation is 1. The quantitative estimate of drug-likeness (QED) is 0.588. The van der Waals surface area contributed by atoms with Crippen LogP contribution in [-0.4, -0.2) is 0 Å². The maximum atomic E-state index is 14.3. The van der Waals surface area contributed by atoms with Crippen LogP contribution in [0.5, 0.6) is 0 Å². The molecular formula is C14H12Br2F2N2. The van der Waals surface area contributed by atoms with Crippen molar-refractivity contribution >= 4 is 31.9 Å². The van der Waals surface area contributed by atoms with Gasteiger partial charge in [-0.3, -0.25) is 5.84 Å². The molecule has 106 valence electrons. The van der Waals surface area contributed by atoms with E-state index in [1.165, 1.54) is 12.1 Å². The molecule has 2 aromatic carbocycles. The standard InChI is InChI=1S/C14H12Br2F2N2/c1-7-2-5-11(17)12(13(7)18)14(20-19)9-6-8(15)3-4-10(9)16/h2-6,14,20H,19H2,1H3. The fraction of sp³-hybridized carbons (Fsp3) is 0.143. The zero-order chi connectivity index (χ0) is 14.9. The zero-order valence-corrected chi connectivity index (χ0v) is 13.7. The van der Waals surface area contributed by atoms with E-state index < -0.39 is 17.7 Å². The molecule has 0 spiro atoms. The van der Waals surface area contributed by atoms with Gasteiger partial charge >= 0.3 is 0 Å². The number of nitrogens with one attached hydrogen (secondary N) is 1. The first kappa shape index (κ1) is 15.6. The minimum Gasteiger partial charge on any atom is -0.271 e. The highest BCUT2D eigenvalue weighted by Crippen LogP contribution is 2.33. The van der Waals surface area contributed by atoms with Gasteiger partial charge in [-0.05, 0) is 42.3 Å². The SMILES string of the molecule is Cc1ccc(F)c(C(NN)c2cc(Br)ccc2Br)c1F. The zero-order valence-electron chi connectivity index (χ0n) is 10.6. The number of hydrazine groups is 1. The molecular weight excluding hydrogens is 394 g/mol. The molecule has 0 heterocycles. The Bertz CT molecular complexity index is 647. The highest BCUT2D eigenvalue weighted by molar-refractivity contribution is 9.11. The number of rotatable bonds is 3. The van der Waals surface area contributed by atoms with Crippen LogP contribution < -0.4 is 11.3 Å². The number of nitrogens with two attached hydrogens (primary N) is 1.